The molecule has 0 N–H and O–H groups in total. The van der Waals surface area contributed by atoms with Gasteiger partial charge in [0.25, 0.3) is 0 Å². The Hall–Kier alpha value is 0.835. The largest absolute Gasteiger partial charge is 0.380 e. The molecule has 0 aliphatic rings. The molecule has 46 valence electrons. The molecule has 0 amide bonds. The molecule has 0 atom stereocenters. The standard InChI is InChI=1S/C2H4BCl2O2P/c3-1-2-7-8(4,5)6/h1-2H2. The molecule has 0 heterocycles. The Balaban J connectivity index is 3.26. The van der Waals surface area contributed by atoms with E-state index in [-0.39, 0.29) is 12.9 Å². The molecule has 8 heavy (non-hydrogen) atoms. The fraction of sp³-hybridized carbons (Fsp3) is 1.00. The molecule has 0 aliphatic carbocycles. The monoisotopic (exact) mass is 172 g/mol. The van der Waals surface area contributed by atoms with Crippen LogP contribution in [0.4, 0.5) is 0 Å². The lowest BCUT2D eigenvalue weighted by atomic mass is 10.1. The predicted molar refractivity (Wildman–Crippen MR) is 35.8 cm³/mol. The van der Waals surface area contributed by atoms with Gasteiger partial charge >= 0.3 is 6.07 Å². The van der Waals surface area contributed by atoms with Gasteiger partial charge < -0.3 is 4.52 Å². The normalized spacial score (nSPS) is 11.8. The van der Waals surface area contributed by atoms with Crippen LogP contribution in [0.2, 0.25) is 6.32 Å². The van der Waals surface area contributed by atoms with E-state index in [2.05, 4.69) is 4.52 Å². The molecule has 0 aliphatic heterocycles. The van der Waals surface area contributed by atoms with Crippen molar-refractivity contribution in [1.29, 1.82) is 0 Å². The summed E-state index contributed by atoms with van der Waals surface area (Å²) in [4.78, 5) is 0. The lowest BCUT2D eigenvalue weighted by molar-refractivity contribution is 0.356. The van der Waals surface area contributed by atoms with E-state index in [0.29, 0.717) is 0 Å². The van der Waals surface area contributed by atoms with Gasteiger partial charge in [-0.2, -0.15) is 0 Å². The quantitative estimate of drug-likeness (QED) is 0.482. The third kappa shape index (κ3) is 6.83. The van der Waals surface area contributed by atoms with E-state index in [9.17, 15) is 4.57 Å². The highest BCUT2D eigenvalue weighted by Crippen LogP contribution is 2.57. The average molecular weight is 173 g/mol. The van der Waals surface area contributed by atoms with E-state index >= 15 is 0 Å². The fourth-order valence-electron chi connectivity index (χ4n) is 0.159. The number of hydrogen-bond acceptors (Lipinski definition) is 2. The summed E-state index contributed by atoms with van der Waals surface area (Å²) in [6, 6.07) is 0. The second kappa shape index (κ2) is 3.78. The Morgan fingerprint density at radius 2 is 2.12 bits per heavy atom. The van der Waals surface area contributed by atoms with Crippen molar-refractivity contribution < 1.29 is 9.09 Å². The Labute approximate surface area is 58.9 Å². The first-order valence-electron chi connectivity index (χ1n) is 1.90. The molecule has 0 aromatic carbocycles. The highest BCUT2D eigenvalue weighted by Gasteiger charge is 2.11. The molecule has 0 saturated heterocycles. The van der Waals surface area contributed by atoms with Gasteiger partial charge in [-0.15, -0.1) is 0 Å². The minimum atomic E-state index is -3.32. The van der Waals surface area contributed by atoms with E-state index in [1.807, 2.05) is 0 Å². The van der Waals surface area contributed by atoms with Gasteiger partial charge in [-0.3, -0.25) is 4.57 Å². The van der Waals surface area contributed by atoms with Crippen molar-refractivity contribution in [2.24, 2.45) is 0 Å². The zero-order valence-electron chi connectivity index (χ0n) is 4.01. The first-order valence-corrected chi connectivity index (χ1v) is 5.33. The second-order valence-corrected chi connectivity index (χ2v) is 5.31. The summed E-state index contributed by atoms with van der Waals surface area (Å²) in [7, 11) is 4.97. The van der Waals surface area contributed by atoms with Crippen molar-refractivity contribution in [1.82, 2.24) is 0 Å². The summed E-state index contributed by atoms with van der Waals surface area (Å²) in [5.74, 6) is 0. The van der Waals surface area contributed by atoms with Crippen LogP contribution in [0, 0.1) is 0 Å². The van der Waals surface area contributed by atoms with Crippen LogP contribution in [0.25, 0.3) is 0 Å². The minimum absolute atomic E-state index is 0.129. The zero-order chi connectivity index (χ0) is 6.62. The zero-order valence-corrected chi connectivity index (χ0v) is 6.42. The van der Waals surface area contributed by atoms with Crippen molar-refractivity contribution in [2.45, 2.75) is 6.32 Å². The van der Waals surface area contributed by atoms with Crippen LogP contribution in [0.1, 0.15) is 0 Å². The number of rotatable bonds is 3. The predicted octanol–water partition coefficient (Wildman–Crippen LogP) is 2.18. The van der Waals surface area contributed by atoms with Gasteiger partial charge in [-0.05, 0) is 22.5 Å². The third-order valence-electron chi connectivity index (χ3n) is 0.359. The van der Waals surface area contributed by atoms with Crippen LogP contribution < -0.4 is 0 Å². The maximum Gasteiger partial charge on any atom is 0.380 e. The molecular weight excluding hydrogens is 169 g/mol. The van der Waals surface area contributed by atoms with Gasteiger partial charge in [-0.1, -0.05) is 6.32 Å². The Morgan fingerprint density at radius 3 is 2.25 bits per heavy atom. The molecule has 0 spiro atoms. The highest BCUT2D eigenvalue weighted by molar-refractivity contribution is 8.05. The van der Waals surface area contributed by atoms with Gasteiger partial charge in [0, 0.05) is 6.61 Å². The van der Waals surface area contributed by atoms with Gasteiger partial charge in [0.2, 0.25) is 0 Å². The maximum atomic E-state index is 10.2. The summed E-state index contributed by atoms with van der Waals surface area (Å²) in [5.41, 5.74) is 0. The van der Waals surface area contributed by atoms with Crippen LogP contribution in [-0.2, 0) is 9.09 Å². The molecule has 0 unspecified atom stereocenters. The Morgan fingerprint density at radius 1 is 1.62 bits per heavy atom. The molecule has 0 fully saturated rings. The van der Waals surface area contributed by atoms with Crippen LogP contribution in [0.15, 0.2) is 0 Å². The maximum absolute atomic E-state index is 10.2. The van der Waals surface area contributed by atoms with Gasteiger partial charge in [0.05, 0.1) is 7.85 Å². The smallest absolute Gasteiger partial charge is 0.307 e. The van der Waals surface area contributed by atoms with E-state index in [4.69, 9.17) is 30.3 Å². The van der Waals surface area contributed by atoms with Crippen molar-refractivity contribution >= 4 is 36.4 Å². The van der Waals surface area contributed by atoms with Crippen LogP contribution >= 0.6 is 28.6 Å². The third-order valence-corrected chi connectivity index (χ3v) is 1.43. The molecule has 6 heteroatoms. The SMILES string of the molecule is [B]CCOP(=O)(Cl)Cl. The molecule has 0 saturated carbocycles. The first-order chi connectivity index (χ1) is 3.56. The summed E-state index contributed by atoms with van der Waals surface area (Å²) >= 11 is 9.91. The van der Waals surface area contributed by atoms with Crippen molar-refractivity contribution in [3.05, 3.63) is 0 Å². The second-order valence-electron chi connectivity index (χ2n) is 1.04. The fourth-order valence-corrected chi connectivity index (χ4v) is 0.891. The Bertz CT molecular complexity index is 102. The van der Waals surface area contributed by atoms with Crippen molar-refractivity contribution in [3.8, 4) is 0 Å². The van der Waals surface area contributed by atoms with E-state index in [1.54, 1.807) is 0 Å². The summed E-state index contributed by atoms with van der Waals surface area (Å²) in [5, 5.41) is 0. The van der Waals surface area contributed by atoms with Crippen LogP contribution in [-0.4, -0.2) is 14.5 Å². The lowest BCUT2D eigenvalue weighted by Gasteiger charge is -1.99. The van der Waals surface area contributed by atoms with Crippen LogP contribution in [0.5, 0.6) is 0 Å². The van der Waals surface area contributed by atoms with Crippen molar-refractivity contribution in [2.75, 3.05) is 6.61 Å². The van der Waals surface area contributed by atoms with Gasteiger partial charge in [0.15, 0.2) is 0 Å². The molecule has 2 nitrogen and oxygen atoms in total. The van der Waals surface area contributed by atoms with Gasteiger partial charge in [0.1, 0.15) is 0 Å². The molecule has 2 radical (unpaired) electrons. The molecule has 0 rings (SSSR count). The van der Waals surface area contributed by atoms with Crippen LogP contribution in [0.3, 0.4) is 0 Å². The molecule has 0 aromatic rings. The van der Waals surface area contributed by atoms with Crippen molar-refractivity contribution in [3.63, 3.8) is 0 Å². The minimum Gasteiger partial charge on any atom is -0.307 e. The molecule has 0 aromatic heterocycles. The van der Waals surface area contributed by atoms with E-state index in [0.717, 1.165) is 0 Å². The lowest BCUT2D eigenvalue weighted by Crippen LogP contribution is -1.83. The summed E-state index contributed by atoms with van der Waals surface area (Å²) < 4.78 is 14.6. The van der Waals surface area contributed by atoms with Gasteiger partial charge in [-0.25, -0.2) is 0 Å². The highest BCUT2D eigenvalue weighted by atomic mass is 35.9. The topological polar surface area (TPSA) is 26.3 Å². The van der Waals surface area contributed by atoms with E-state index < -0.39 is 6.07 Å². The molecule has 0 bridgehead atoms. The first kappa shape index (κ1) is 8.83. The average Bonchev–Trinajstić information content (AvgIpc) is 1.59. The summed E-state index contributed by atoms with van der Waals surface area (Å²) in [6.45, 7) is 0.129. The Kier molecular flexibility index (Phi) is 4.18. The number of halogens is 2. The summed E-state index contributed by atoms with van der Waals surface area (Å²) in [6.07, 6.45) is -3.05. The molecular formula is C2H4BCl2O2P. The van der Waals surface area contributed by atoms with E-state index in [1.165, 1.54) is 0 Å². The number of hydrogen-bond donors (Lipinski definition) is 0.